The first-order valence-corrected chi connectivity index (χ1v) is 5.94. The number of anilines is 1. The molecule has 0 fully saturated rings. The summed E-state index contributed by atoms with van der Waals surface area (Å²) < 4.78 is 12.9. The molecule has 0 bridgehead atoms. The van der Waals surface area contributed by atoms with E-state index in [-0.39, 0.29) is 17.6 Å². The van der Waals surface area contributed by atoms with Crippen LogP contribution in [0.5, 0.6) is 5.75 Å². The number of aromatic hydroxyl groups is 1. The number of hydrogen-bond donors (Lipinski definition) is 2. The molecule has 0 spiro atoms. The van der Waals surface area contributed by atoms with Gasteiger partial charge in [0.25, 0.3) is 0 Å². The van der Waals surface area contributed by atoms with Gasteiger partial charge in [-0.25, -0.2) is 4.39 Å². The van der Waals surface area contributed by atoms with Gasteiger partial charge in [-0.2, -0.15) is 0 Å². The number of nitrogens with one attached hydrogen (secondary N) is 1. The molecular weight excluding hydrogens is 253 g/mol. The molecule has 0 amide bonds. The minimum Gasteiger partial charge on any atom is -0.508 e. The van der Waals surface area contributed by atoms with Gasteiger partial charge in [0.05, 0.1) is 0 Å². The smallest absolute Gasteiger partial charge is 0.124 e. The molecule has 0 saturated heterocycles. The molecule has 2 aromatic rings. The number of halogens is 2. The first-order valence-electron chi connectivity index (χ1n) is 5.57. The van der Waals surface area contributed by atoms with Crippen LogP contribution in [0.15, 0.2) is 42.5 Å². The largest absolute Gasteiger partial charge is 0.508 e. The molecule has 94 valence electrons. The van der Waals surface area contributed by atoms with E-state index in [2.05, 4.69) is 5.32 Å². The van der Waals surface area contributed by atoms with Crippen LogP contribution in [0.2, 0.25) is 5.02 Å². The molecule has 0 radical (unpaired) electrons. The highest BCUT2D eigenvalue weighted by Crippen LogP contribution is 2.27. The van der Waals surface area contributed by atoms with E-state index in [0.717, 1.165) is 11.3 Å². The summed E-state index contributed by atoms with van der Waals surface area (Å²) >= 11 is 6.00. The minimum absolute atomic E-state index is 0.0531. The third-order valence-corrected chi connectivity index (χ3v) is 3.01. The van der Waals surface area contributed by atoms with Crippen molar-refractivity contribution in [3.8, 4) is 5.75 Å². The molecule has 18 heavy (non-hydrogen) atoms. The Morgan fingerprint density at radius 3 is 2.44 bits per heavy atom. The molecule has 2 N–H and O–H groups in total. The van der Waals surface area contributed by atoms with Crippen molar-refractivity contribution in [1.29, 1.82) is 0 Å². The molecular formula is C14H13ClFNO. The van der Waals surface area contributed by atoms with Crippen LogP contribution in [-0.4, -0.2) is 5.11 Å². The molecule has 0 aliphatic rings. The highest BCUT2D eigenvalue weighted by Gasteiger charge is 2.10. The summed E-state index contributed by atoms with van der Waals surface area (Å²) in [5.41, 5.74) is 1.69. The fourth-order valence-corrected chi connectivity index (χ4v) is 2.07. The average Bonchev–Trinajstić information content (AvgIpc) is 2.32. The Morgan fingerprint density at radius 2 is 1.83 bits per heavy atom. The van der Waals surface area contributed by atoms with Gasteiger partial charge >= 0.3 is 0 Å². The van der Waals surface area contributed by atoms with Gasteiger partial charge in [-0.1, -0.05) is 17.7 Å². The van der Waals surface area contributed by atoms with Gasteiger partial charge in [0.2, 0.25) is 0 Å². The number of rotatable bonds is 3. The number of benzene rings is 2. The van der Waals surface area contributed by atoms with E-state index in [9.17, 15) is 9.50 Å². The van der Waals surface area contributed by atoms with E-state index in [4.69, 9.17) is 11.6 Å². The maximum Gasteiger partial charge on any atom is 0.124 e. The van der Waals surface area contributed by atoms with E-state index in [0.29, 0.717) is 5.02 Å². The molecule has 0 saturated carbocycles. The van der Waals surface area contributed by atoms with Crippen molar-refractivity contribution >= 4 is 17.3 Å². The number of phenols is 1. The third kappa shape index (κ3) is 2.93. The van der Waals surface area contributed by atoms with Gasteiger partial charge in [0.15, 0.2) is 0 Å². The molecule has 0 aromatic heterocycles. The van der Waals surface area contributed by atoms with Crippen molar-refractivity contribution in [3.05, 3.63) is 58.9 Å². The van der Waals surface area contributed by atoms with E-state index in [1.807, 2.05) is 6.92 Å². The van der Waals surface area contributed by atoms with Crippen LogP contribution < -0.4 is 5.32 Å². The Kier molecular flexibility index (Phi) is 3.72. The monoisotopic (exact) mass is 265 g/mol. The molecule has 2 rings (SSSR count). The lowest BCUT2D eigenvalue weighted by Gasteiger charge is -2.17. The lowest BCUT2D eigenvalue weighted by molar-refractivity contribution is 0.475. The van der Waals surface area contributed by atoms with Gasteiger partial charge in [0.1, 0.15) is 11.6 Å². The predicted molar refractivity (Wildman–Crippen MR) is 71.6 cm³/mol. The summed E-state index contributed by atoms with van der Waals surface area (Å²) in [6.07, 6.45) is 0. The molecule has 2 nitrogen and oxygen atoms in total. The molecule has 0 aliphatic heterocycles. The molecule has 1 atom stereocenters. The zero-order valence-corrected chi connectivity index (χ0v) is 10.6. The summed E-state index contributed by atoms with van der Waals surface area (Å²) in [6.45, 7) is 1.94. The summed E-state index contributed by atoms with van der Waals surface area (Å²) in [6, 6.07) is 11.0. The summed E-state index contributed by atoms with van der Waals surface area (Å²) in [5, 5.41) is 12.8. The second kappa shape index (κ2) is 5.27. The molecule has 1 unspecified atom stereocenters. The lowest BCUT2D eigenvalue weighted by Crippen LogP contribution is -2.07. The van der Waals surface area contributed by atoms with Gasteiger partial charge in [-0.3, -0.25) is 0 Å². The summed E-state index contributed by atoms with van der Waals surface area (Å²) in [5.74, 6) is -0.131. The van der Waals surface area contributed by atoms with Crippen molar-refractivity contribution in [2.75, 3.05) is 5.32 Å². The predicted octanol–water partition coefficient (Wildman–Crippen LogP) is 4.36. The first kappa shape index (κ1) is 12.7. The van der Waals surface area contributed by atoms with Crippen LogP contribution in [0.1, 0.15) is 18.5 Å². The normalized spacial score (nSPS) is 12.2. The van der Waals surface area contributed by atoms with E-state index in [1.54, 1.807) is 30.3 Å². The van der Waals surface area contributed by atoms with E-state index >= 15 is 0 Å². The SMILES string of the molecule is CC(Nc1ccc(O)cc1)c1ccc(F)cc1Cl. The van der Waals surface area contributed by atoms with Crippen molar-refractivity contribution in [2.45, 2.75) is 13.0 Å². The number of phenolic OH excluding ortho intramolecular Hbond substituents is 1. The Bertz CT molecular complexity index is 542. The Morgan fingerprint density at radius 1 is 1.17 bits per heavy atom. The first-order chi connectivity index (χ1) is 8.56. The van der Waals surface area contributed by atoms with Crippen LogP contribution in [0.3, 0.4) is 0 Å². The van der Waals surface area contributed by atoms with Crippen LogP contribution in [0.4, 0.5) is 10.1 Å². The van der Waals surface area contributed by atoms with Crippen molar-refractivity contribution in [3.63, 3.8) is 0 Å². The van der Waals surface area contributed by atoms with Crippen molar-refractivity contribution in [2.24, 2.45) is 0 Å². The fraction of sp³-hybridized carbons (Fsp3) is 0.143. The molecule has 0 heterocycles. The lowest BCUT2D eigenvalue weighted by atomic mass is 10.1. The Hall–Kier alpha value is -1.74. The third-order valence-electron chi connectivity index (χ3n) is 2.68. The van der Waals surface area contributed by atoms with E-state index in [1.165, 1.54) is 12.1 Å². The fourth-order valence-electron chi connectivity index (χ4n) is 1.74. The van der Waals surface area contributed by atoms with Gasteiger partial charge < -0.3 is 10.4 Å². The maximum absolute atomic E-state index is 12.9. The summed E-state index contributed by atoms with van der Waals surface area (Å²) in [4.78, 5) is 0. The van der Waals surface area contributed by atoms with Gasteiger partial charge in [0, 0.05) is 16.8 Å². The van der Waals surface area contributed by atoms with Crippen LogP contribution in [0.25, 0.3) is 0 Å². The Balaban J connectivity index is 2.16. The van der Waals surface area contributed by atoms with Crippen LogP contribution in [0, 0.1) is 5.82 Å². The Labute approximate surface area is 110 Å². The number of hydrogen-bond acceptors (Lipinski definition) is 2. The standard InChI is InChI=1S/C14H13ClFNO/c1-9(13-7-2-10(16)8-14(13)15)17-11-3-5-12(18)6-4-11/h2-9,17-18H,1H3. The van der Waals surface area contributed by atoms with Gasteiger partial charge in [-0.15, -0.1) is 0 Å². The molecule has 2 aromatic carbocycles. The van der Waals surface area contributed by atoms with Crippen LogP contribution >= 0.6 is 11.6 Å². The summed E-state index contributed by atoms with van der Waals surface area (Å²) in [7, 11) is 0. The van der Waals surface area contributed by atoms with E-state index < -0.39 is 0 Å². The van der Waals surface area contributed by atoms with Gasteiger partial charge in [-0.05, 0) is 48.9 Å². The van der Waals surface area contributed by atoms with Crippen LogP contribution in [-0.2, 0) is 0 Å². The highest BCUT2D eigenvalue weighted by atomic mass is 35.5. The molecule has 4 heteroatoms. The van der Waals surface area contributed by atoms with Crippen molar-refractivity contribution < 1.29 is 9.50 Å². The quantitative estimate of drug-likeness (QED) is 0.809. The minimum atomic E-state index is -0.347. The zero-order chi connectivity index (χ0) is 13.1. The highest BCUT2D eigenvalue weighted by molar-refractivity contribution is 6.31. The molecule has 0 aliphatic carbocycles. The van der Waals surface area contributed by atoms with Crippen molar-refractivity contribution in [1.82, 2.24) is 0 Å². The second-order valence-electron chi connectivity index (χ2n) is 4.08. The second-order valence-corrected chi connectivity index (χ2v) is 4.49. The average molecular weight is 266 g/mol. The topological polar surface area (TPSA) is 32.3 Å². The maximum atomic E-state index is 12.9. The zero-order valence-electron chi connectivity index (χ0n) is 9.82.